The molecule has 1 rings (SSSR count). The van der Waals surface area contributed by atoms with Gasteiger partial charge in [-0.3, -0.25) is 4.79 Å². The maximum Gasteiger partial charge on any atom is 0.243 e. The Morgan fingerprint density at radius 1 is 1.28 bits per heavy atom. The third-order valence-electron chi connectivity index (χ3n) is 3.72. The number of aliphatic imine (C=N–C) groups is 1. The molecular weight excluding hydrogens is 323 g/mol. The van der Waals surface area contributed by atoms with Crippen LogP contribution in [0.25, 0.3) is 0 Å². The summed E-state index contributed by atoms with van der Waals surface area (Å²) in [6, 6.07) is 6.16. The van der Waals surface area contributed by atoms with E-state index in [1.165, 1.54) is 17.0 Å². The van der Waals surface area contributed by atoms with Crippen LogP contribution >= 0.6 is 0 Å². The Morgan fingerprint density at radius 2 is 1.92 bits per heavy atom. The minimum atomic E-state index is -0.290. The van der Waals surface area contributed by atoms with Crippen LogP contribution in [0.2, 0.25) is 0 Å². The van der Waals surface area contributed by atoms with Gasteiger partial charge in [0, 0.05) is 27.2 Å². The first-order chi connectivity index (χ1) is 11.8. The zero-order chi connectivity index (χ0) is 18.8. The second-order valence-corrected chi connectivity index (χ2v) is 6.11. The van der Waals surface area contributed by atoms with E-state index in [-0.39, 0.29) is 24.3 Å². The van der Waals surface area contributed by atoms with E-state index < -0.39 is 0 Å². The summed E-state index contributed by atoms with van der Waals surface area (Å²) in [4.78, 5) is 19.6. The van der Waals surface area contributed by atoms with Crippen molar-refractivity contribution in [2.24, 2.45) is 4.99 Å². The number of likely N-dealkylation sites (N-methyl/N-ethyl adjacent to an activating group) is 2. The number of ether oxygens (including phenoxy) is 1. The van der Waals surface area contributed by atoms with Crippen LogP contribution in [-0.4, -0.2) is 68.5 Å². The molecule has 0 fully saturated rings. The van der Waals surface area contributed by atoms with Gasteiger partial charge in [-0.1, -0.05) is 6.92 Å². The van der Waals surface area contributed by atoms with E-state index in [0.29, 0.717) is 24.9 Å². The smallest absolute Gasteiger partial charge is 0.243 e. The lowest BCUT2D eigenvalue weighted by atomic mass is 10.3. The van der Waals surface area contributed by atoms with Gasteiger partial charge in [0.25, 0.3) is 0 Å². The molecule has 1 aromatic rings. The fourth-order valence-electron chi connectivity index (χ4n) is 1.82. The summed E-state index contributed by atoms with van der Waals surface area (Å²) in [5, 5.41) is 3.32. The van der Waals surface area contributed by atoms with Gasteiger partial charge < -0.3 is 19.9 Å². The van der Waals surface area contributed by atoms with Gasteiger partial charge in [0.05, 0.1) is 6.54 Å². The summed E-state index contributed by atoms with van der Waals surface area (Å²) >= 11 is 0. The maximum absolute atomic E-state index is 12.9. The number of guanidine groups is 1. The van der Waals surface area contributed by atoms with Gasteiger partial charge in [-0.15, -0.1) is 0 Å². The molecule has 0 radical (unpaired) electrons. The number of nitrogens with zero attached hydrogens (tertiary/aromatic N) is 3. The predicted molar refractivity (Wildman–Crippen MR) is 98.4 cm³/mol. The number of carbonyl (C=O) groups is 1. The molecule has 0 spiro atoms. The van der Waals surface area contributed by atoms with Crippen LogP contribution in [0.5, 0.6) is 5.75 Å². The van der Waals surface area contributed by atoms with E-state index in [4.69, 9.17) is 4.74 Å². The van der Waals surface area contributed by atoms with E-state index in [2.05, 4.69) is 24.2 Å². The van der Waals surface area contributed by atoms with Crippen molar-refractivity contribution in [2.75, 3.05) is 40.8 Å². The van der Waals surface area contributed by atoms with Crippen molar-refractivity contribution in [1.29, 1.82) is 0 Å². The Kier molecular flexibility index (Phi) is 8.74. The fraction of sp³-hybridized carbons (Fsp3) is 0.556. The first-order valence-electron chi connectivity index (χ1n) is 8.44. The summed E-state index contributed by atoms with van der Waals surface area (Å²) < 4.78 is 18.5. The molecule has 1 amide bonds. The van der Waals surface area contributed by atoms with Crippen LogP contribution < -0.4 is 10.1 Å². The van der Waals surface area contributed by atoms with Crippen molar-refractivity contribution in [3.63, 3.8) is 0 Å². The highest BCUT2D eigenvalue weighted by atomic mass is 19.1. The number of hydrogen-bond donors (Lipinski definition) is 1. The van der Waals surface area contributed by atoms with E-state index >= 15 is 0 Å². The van der Waals surface area contributed by atoms with E-state index in [1.54, 1.807) is 26.2 Å². The molecule has 1 aromatic carbocycles. The first-order valence-corrected chi connectivity index (χ1v) is 8.44. The Balaban J connectivity index is 2.61. The Labute approximate surface area is 149 Å². The monoisotopic (exact) mass is 352 g/mol. The summed E-state index contributed by atoms with van der Waals surface area (Å²) in [5.74, 6) is 0.930. The van der Waals surface area contributed by atoms with Gasteiger partial charge in [-0.25, -0.2) is 9.38 Å². The molecule has 0 aliphatic carbocycles. The quantitative estimate of drug-likeness (QED) is 0.574. The highest BCUT2D eigenvalue weighted by Gasteiger charge is 2.11. The molecule has 0 bridgehead atoms. The van der Waals surface area contributed by atoms with Gasteiger partial charge >= 0.3 is 0 Å². The number of rotatable bonds is 8. The molecule has 1 N–H and O–H groups in total. The van der Waals surface area contributed by atoms with Gasteiger partial charge in [-0.05, 0) is 37.6 Å². The Hall–Kier alpha value is -2.31. The third-order valence-corrected chi connectivity index (χ3v) is 3.72. The second kappa shape index (κ2) is 10.5. The molecule has 1 unspecified atom stereocenters. The van der Waals surface area contributed by atoms with Gasteiger partial charge in [0.1, 0.15) is 24.7 Å². The number of carbonyl (C=O) groups excluding carboxylic acids is 1. The molecular formula is C18H29FN4O2. The molecule has 0 heterocycles. The normalized spacial score (nSPS) is 12.5. The van der Waals surface area contributed by atoms with Crippen molar-refractivity contribution >= 4 is 11.9 Å². The highest BCUT2D eigenvalue weighted by molar-refractivity contribution is 5.84. The molecule has 0 saturated heterocycles. The van der Waals surface area contributed by atoms with Gasteiger partial charge in [0.2, 0.25) is 5.91 Å². The number of amides is 1. The number of benzene rings is 1. The van der Waals surface area contributed by atoms with Crippen LogP contribution in [0.3, 0.4) is 0 Å². The lowest BCUT2D eigenvalue weighted by Crippen LogP contribution is -2.45. The average Bonchev–Trinajstić information content (AvgIpc) is 2.59. The molecule has 0 saturated carbocycles. The molecule has 25 heavy (non-hydrogen) atoms. The van der Waals surface area contributed by atoms with E-state index in [9.17, 15) is 9.18 Å². The van der Waals surface area contributed by atoms with Crippen molar-refractivity contribution in [3.8, 4) is 5.75 Å². The third kappa shape index (κ3) is 7.87. The summed E-state index contributed by atoms with van der Waals surface area (Å²) in [5.41, 5.74) is 0. The van der Waals surface area contributed by atoms with Gasteiger partial charge in [0.15, 0.2) is 5.96 Å². The zero-order valence-corrected chi connectivity index (χ0v) is 15.8. The zero-order valence-electron chi connectivity index (χ0n) is 15.8. The van der Waals surface area contributed by atoms with Crippen molar-refractivity contribution in [1.82, 2.24) is 15.1 Å². The summed E-state index contributed by atoms with van der Waals surface area (Å²) in [7, 11) is 5.31. The van der Waals surface area contributed by atoms with Crippen LogP contribution in [-0.2, 0) is 4.79 Å². The lowest BCUT2D eigenvalue weighted by Gasteiger charge is -2.25. The van der Waals surface area contributed by atoms with E-state index in [1.807, 2.05) is 11.9 Å². The number of nitrogens with one attached hydrogen (secondary N) is 1. The standard InChI is InChI=1S/C18H29FN4O2/c1-6-14(2)21-18(20-13-17(24)22(3)4)23(5)11-12-25-16-9-7-15(19)8-10-16/h7-10,14H,6,11-13H2,1-5H3,(H,20,21). The SMILES string of the molecule is CCC(C)NC(=NCC(=O)N(C)C)N(C)CCOc1ccc(F)cc1. The predicted octanol–water partition coefficient (Wildman–Crippen LogP) is 1.97. The molecule has 1 atom stereocenters. The fourth-order valence-corrected chi connectivity index (χ4v) is 1.82. The van der Waals surface area contributed by atoms with Crippen molar-refractivity contribution < 1.29 is 13.9 Å². The minimum Gasteiger partial charge on any atom is -0.492 e. The Bertz CT molecular complexity index is 561. The number of hydrogen-bond acceptors (Lipinski definition) is 3. The maximum atomic E-state index is 12.9. The molecule has 140 valence electrons. The second-order valence-electron chi connectivity index (χ2n) is 6.11. The summed E-state index contributed by atoms with van der Waals surface area (Å²) in [6.45, 7) is 5.24. The van der Waals surface area contributed by atoms with Gasteiger partial charge in [-0.2, -0.15) is 0 Å². The van der Waals surface area contributed by atoms with Crippen LogP contribution in [0.1, 0.15) is 20.3 Å². The van der Waals surface area contributed by atoms with Crippen molar-refractivity contribution in [3.05, 3.63) is 30.1 Å². The van der Waals surface area contributed by atoms with Crippen LogP contribution in [0, 0.1) is 5.82 Å². The van der Waals surface area contributed by atoms with Crippen LogP contribution in [0.15, 0.2) is 29.3 Å². The first kappa shape index (κ1) is 20.7. The van der Waals surface area contributed by atoms with Crippen molar-refractivity contribution in [2.45, 2.75) is 26.3 Å². The lowest BCUT2D eigenvalue weighted by molar-refractivity contribution is -0.127. The largest absolute Gasteiger partial charge is 0.492 e. The topological polar surface area (TPSA) is 57.2 Å². The minimum absolute atomic E-state index is 0.0561. The summed E-state index contributed by atoms with van der Waals surface area (Å²) in [6.07, 6.45) is 0.945. The molecule has 0 aliphatic rings. The van der Waals surface area contributed by atoms with E-state index in [0.717, 1.165) is 6.42 Å². The average molecular weight is 352 g/mol. The molecule has 0 aromatic heterocycles. The molecule has 0 aliphatic heterocycles. The number of halogens is 1. The molecule has 6 nitrogen and oxygen atoms in total. The Morgan fingerprint density at radius 3 is 2.48 bits per heavy atom. The highest BCUT2D eigenvalue weighted by Crippen LogP contribution is 2.10. The van der Waals surface area contributed by atoms with Crippen LogP contribution in [0.4, 0.5) is 4.39 Å². The molecule has 7 heteroatoms.